The number of amides is 1. The van der Waals surface area contributed by atoms with Crippen LogP contribution in [-0.2, 0) is 17.6 Å². The molecule has 0 radical (unpaired) electrons. The monoisotopic (exact) mass is 278 g/mol. The zero-order valence-corrected chi connectivity index (χ0v) is 11.2. The summed E-state index contributed by atoms with van der Waals surface area (Å²) in [6.07, 6.45) is 5.65. The Morgan fingerprint density at radius 2 is 2.05 bits per heavy atom. The molecule has 3 rings (SSSR count). The van der Waals surface area contributed by atoms with Crippen LogP contribution in [0.5, 0.6) is 0 Å². The van der Waals surface area contributed by atoms with Gasteiger partial charge in [0.05, 0.1) is 5.92 Å². The Bertz CT molecular complexity index is 537. The van der Waals surface area contributed by atoms with Gasteiger partial charge in [0.15, 0.2) is 5.69 Å². The molecule has 2 atom stereocenters. The van der Waals surface area contributed by atoms with Crippen molar-refractivity contribution < 1.29 is 19.2 Å². The van der Waals surface area contributed by atoms with Crippen molar-refractivity contribution >= 4 is 11.9 Å². The molecule has 1 aromatic rings. The Morgan fingerprint density at radius 3 is 2.80 bits per heavy atom. The van der Waals surface area contributed by atoms with Gasteiger partial charge in [0.25, 0.3) is 5.91 Å². The van der Waals surface area contributed by atoms with Gasteiger partial charge in [-0.25, -0.2) is 0 Å². The summed E-state index contributed by atoms with van der Waals surface area (Å²) in [4.78, 5) is 23.1. The van der Waals surface area contributed by atoms with Crippen molar-refractivity contribution in [2.24, 2.45) is 5.92 Å². The first kappa shape index (κ1) is 13.1. The van der Waals surface area contributed by atoms with Crippen molar-refractivity contribution in [1.82, 2.24) is 10.5 Å². The predicted molar refractivity (Wildman–Crippen MR) is 69.4 cm³/mol. The molecule has 0 aliphatic heterocycles. The second-order valence-electron chi connectivity index (χ2n) is 5.66. The number of aliphatic carboxylic acids is 1. The average Bonchev–Trinajstić information content (AvgIpc) is 3.04. The first-order valence-corrected chi connectivity index (χ1v) is 7.16. The summed E-state index contributed by atoms with van der Waals surface area (Å²) in [7, 11) is 0. The van der Waals surface area contributed by atoms with E-state index >= 15 is 0 Å². The van der Waals surface area contributed by atoms with Crippen molar-refractivity contribution in [3.63, 3.8) is 0 Å². The highest BCUT2D eigenvalue weighted by Crippen LogP contribution is 2.27. The van der Waals surface area contributed by atoms with E-state index in [1.165, 1.54) is 0 Å². The van der Waals surface area contributed by atoms with Crippen LogP contribution in [0.2, 0.25) is 0 Å². The lowest BCUT2D eigenvalue weighted by atomic mass is 9.96. The Kier molecular flexibility index (Phi) is 3.46. The number of carbonyl (C=O) groups is 2. The first-order valence-electron chi connectivity index (χ1n) is 7.16. The van der Waals surface area contributed by atoms with E-state index in [0.717, 1.165) is 37.0 Å². The number of nitrogens with zero attached hydrogens (tertiary/aromatic N) is 1. The molecule has 1 aromatic heterocycles. The van der Waals surface area contributed by atoms with Crippen molar-refractivity contribution in [2.45, 2.75) is 51.0 Å². The number of carboxylic acid groups (broad SMARTS) is 1. The zero-order chi connectivity index (χ0) is 14.1. The largest absolute Gasteiger partial charge is 0.481 e. The fraction of sp³-hybridized carbons (Fsp3) is 0.643. The quantitative estimate of drug-likeness (QED) is 0.874. The summed E-state index contributed by atoms with van der Waals surface area (Å²) in [5, 5.41) is 15.7. The highest BCUT2D eigenvalue weighted by Gasteiger charge is 2.32. The Labute approximate surface area is 116 Å². The number of rotatable bonds is 3. The molecular weight excluding hydrogens is 260 g/mol. The molecular formula is C14H18N2O4. The molecule has 20 heavy (non-hydrogen) atoms. The van der Waals surface area contributed by atoms with Crippen LogP contribution >= 0.6 is 0 Å². The van der Waals surface area contributed by atoms with Crippen molar-refractivity contribution in [1.29, 1.82) is 0 Å². The number of hydrogen-bond acceptors (Lipinski definition) is 4. The minimum Gasteiger partial charge on any atom is -0.481 e. The van der Waals surface area contributed by atoms with E-state index in [2.05, 4.69) is 10.5 Å². The van der Waals surface area contributed by atoms with Crippen LogP contribution in [-0.4, -0.2) is 28.2 Å². The maximum atomic E-state index is 12.2. The van der Waals surface area contributed by atoms with Crippen molar-refractivity contribution in [3.8, 4) is 0 Å². The summed E-state index contributed by atoms with van der Waals surface area (Å²) in [5.41, 5.74) is 1.32. The number of nitrogens with one attached hydrogen (secondary N) is 1. The normalized spacial score (nSPS) is 25.2. The summed E-state index contributed by atoms with van der Waals surface area (Å²) < 4.78 is 5.23. The van der Waals surface area contributed by atoms with Crippen LogP contribution in [0, 0.1) is 5.92 Å². The molecule has 1 fully saturated rings. The molecule has 0 unspecified atom stereocenters. The minimum absolute atomic E-state index is 0.0699. The van der Waals surface area contributed by atoms with Gasteiger partial charge in [-0.05, 0) is 38.5 Å². The molecule has 0 spiro atoms. The third-order valence-corrected chi connectivity index (χ3v) is 4.28. The van der Waals surface area contributed by atoms with Gasteiger partial charge in [0.1, 0.15) is 5.76 Å². The maximum absolute atomic E-state index is 12.2. The fourth-order valence-electron chi connectivity index (χ4n) is 3.15. The zero-order valence-electron chi connectivity index (χ0n) is 11.2. The molecule has 1 amide bonds. The lowest BCUT2D eigenvalue weighted by Crippen LogP contribution is -2.34. The van der Waals surface area contributed by atoms with Gasteiger partial charge in [-0.2, -0.15) is 0 Å². The molecule has 0 saturated heterocycles. The molecule has 2 N–H and O–H groups in total. The highest BCUT2D eigenvalue weighted by molar-refractivity contribution is 5.94. The lowest BCUT2D eigenvalue weighted by molar-refractivity contribution is -0.141. The van der Waals surface area contributed by atoms with Crippen LogP contribution in [0.4, 0.5) is 0 Å². The maximum Gasteiger partial charge on any atom is 0.306 e. The Morgan fingerprint density at radius 1 is 1.25 bits per heavy atom. The summed E-state index contributed by atoms with van der Waals surface area (Å²) in [6.45, 7) is 0. The van der Waals surface area contributed by atoms with Gasteiger partial charge < -0.3 is 14.9 Å². The van der Waals surface area contributed by atoms with Crippen LogP contribution in [0.15, 0.2) is 4.52 Å². The predicted octanol–water partition coefficient (Wildman–Crippen LogP) is 1.54. The second-order valence-corrected chi connectivity index (χ2v) is 5.66. The van der Waals surface area contributed by atoms with Crippen molar-refractivity contribution in [2.75, 3.05) is 0 Å². The second kappa shape index (κ2) is 5.26. The fourth-order valence-corrected chi connectivity index (χ4v) is 3.15. The smallest absolute Gasteiger partial charge is 0.306 e. The standard InChI is InChI=1S/C14H18N2O4/c17-13(15-9-6-5-8(7-9)14(18)19)12-10-3-1-2-4-11(10)20-16-12/h8-9H,1-7H2,(H,15,17)(H,18,19)/t8-,9+/m0/s1. The van der Waals surface area contributed by atoms with E-state index in [1.807, 2.05) is 0 Å². The number of fused-ring (bicyclic) bond motifs is 1. The van der Waals surface area contributed by atoms with Gasteiger partial charge in [-0.15, -0.1) is 0 Å². The topological polar surface area (TPSA) is 92.4 Å². The van der Waals surface area contributed by atoms with Gasteiger partial charge in [-0.3, -0.25) is 9.59 Å². The van der Waals surface area contributed by atoms with E-state index in [0.29, 0.717) is 25.0 Å². The molecule has 6 nitrogen and oxygen atoms in total. The van der Waals surface area contributed by atoms with Crippen molar-refractivity contribution in [3.05, 3.63) is 17.0 Å². The molecule has 0 bridgehead atoms. The summed E-state index contributed by atoms with van der Waals surface area (Å²) >= 11 is 0. The highest BCUT2D eigenvalue weighted by atomic mass is 16.5. The molecule has 6 heteroatoms. The number of carbonyl (C=O) groups excluding carboxylic acids is 1. The van der Waals surface area contributed by atoms with Gasteiger partial charge in [0, 0.05) is 18.0 Å². The van der Waals surface area contributed by atoms with E-state index in [-0.39, 0.29) is 17.9 Å². The van der Waals surface area contributed by atoms with Gasteiger partial charge in [-0.1, -0.05) is 5.16 Å². The Hall–Kier alpha value is -1.85. The third kappa shape index (κ3) is 2.42. The van der Waals surface area contributed by atoms with Gasteiger partial charge >= 0.3 is 5.97 Å². The molecule has 1 heterocycles. The Balaban J connectivity index is 1.65. The molecule has 2 aliphatic carbocycles. The van der Waals surface area contributed by atoms with Crippen LogP contribution < -0.4 is 5.32 Å². The SMILES string of the molecule is O=C(N[C@@H]1CC[C@H](C(=O)O)C1)c1noc2c1CCCC2. The molecule has 2 aliphatic rings. The molecule has 108 valence electrons. The van der Waals surface area contributed by atoms with E-state index in [4.69, 9.17) is 9.63 Å². The van der Waals surface area contributed by atoms with E-state index in [9.17, 15) is 9.59 Å². The average molecular weight is 278 g/mol. The number of carboxylic acids is 1. The first-order chi connectivity index (χ1) is 9.65. The minimum atomic E-state index is -0.777. The van der Waals surface area contributed by atoms with Crippen LogP contribution in [0.1, 0.15) is 53.9 Å². The lowest BCUT2D eigenvalue weighted by Gasteiger charge is -2.13. The number of aryl methyl sites for hydroxylation is 1. The van der Waals surface area contributed by atoms with Crippen LogP contribution in [0.3, 0.4) is 0 Å². The number of aromatic nitrogens is 1. The molecule has 0 aromatic carbocycles. The molecule has 1 saturated carbocycles. The summed E-state index contributed by atoms with van der Waals surface area (Å²) in [6, 6.07) is -0.0699. The number of hydrogen-bond donors (Lipinski definition) is 2. The van der Waals surface area contributed by atoms with Gasteiger partial charge in [0.2, 0.25) is 0 Å². The van der Waals surface area contributed by atoms with E-state index in [1.54, 1.807) is 0 Å². The van der Waals surface area contributed by atoms with E-state index < -0.39 is 5.97 Å². The van der Waals surface area contributed by atoms with Crippen LogP contribution in [0.25, 0.3) is 0 Å². The third-order valence-electron chi connectivity index (χ3n) is 4.28. The summed E-state index contributed by atoms with van der Waals surface area (Å²) in [5.74, 6) is -0.517.